The first-order chi connectivity index (χ1) is 8.50. The Kier molecular flexibility index (Phi) is 6.91. The van der Waals surface area contributed by atoms with Gasteiger partial charge in [0.25, 0.3) is 0 Å². The molecule has 1 unspecified atom stereocenters. The molecule has 18 heavy (non-hydrogen) atoms. The molecular weight excluding hydrogens is 222 g/mol. The van der Waals surface area contributed by atoms with Crippen LogP contribution in [0.2, 0.25) is 0 Å². The lowest BCUT2D eigenvalue weighted by molar-refractivity contribution is -0.126. The Morgan fingerprint density at radius 1 is 1.06 bits per heavy atom. The smallest absolute Gasteiger partial charge is 0.149 e. The summed E-state index contributed by atoms with van der Waals surface area (Å²) in [5, 5.41) is 0. The van der Waals surface area contributed by atoms with E-state index in [0.29, 0.717) is 5.78 Å². The molecule has 1 saturated carbocycles. The van der Waals surface area contributed by atoms with Crippen LogP contribution in [0, 0.1) is 11.8 Å². The zero-order chi connectivity index (χ0) is 13.5. The maximum atomic E-state index is 12.1. The van der Waals surface area contributed by atoms with Crippen LogP contribution in [0.3, 0.4) is 0 Å². The molecule has 0 radical (unpaired) electrons. The van der Waals surface area contributed by atoms with Crippen LogP contribution < -0.4 is 0 Å². The quantitative estimate of drug-likeness (QED) is 0.686. The van der Waals surface area contributed by atoms with Crippen LogP contribution in [0.1, 0.15) is 66.2 Å². The van der Waals surface area contributed by atoms with Crippen molar-refractivity contribution in [2.75, 3.05) is 13.1 Å². The topological polar surface area (TPSA) is 20.3 Å². The summed E-state index contributed by atoms with van der Waals surface area (Å²) in [4.78, 5) is 14.6. The van der Waals surface area contributed by atoms with E-state index in [9.17, 15) is 4.79 Å². The van der Waals surface area contributed by atoms with Crippen LogP contribution in [-0.4, -0.2) is 29.8 Å². The zero-order valence-electron chi connectivity index (χ0n) is 12.7. The summed E-state index contributed by atoms with van der Waals surface area (Å²) in [6.45, 7) is 11.3. The molecule has 1 fully saturated rings. The molecule has 2 nitrogen and oxygen atoms in total. The number of rotatable bonds is 7. The van der Waals surface area contributed by atoms with Crippen LogP contribution in [0.5, 0.6) is 0 Å². The molecule has 1 rings (SSSR count). The number of Topliss-reactive ketones (excluding diaryl/α,β-unsaturated/α-hetero) is 1. The van der Waals surface area contributed by atoms with Gasteiger partial charge in [-0.2, -0.15) is 0 Å². The van der Waals surface area contributed by atoms with Crippen molar-refractivity contribution < 1.29 is 4.79 Å². The van der Waals surface area contributed by atoms with Crippen molar-refractivity contribution in [3.63, 3.8) is 0 Å². The van der Waals surface area contributed by atoms with Crippen molar-refractivity contribution in [2.45, 2.75) is 72.3 Å². The number of ketones is 1. The third-order valence-electron chi connectivity index (χ3n) is 3.95. The lowest BCUT2D eigenvalue weighted by atomic mass is 9.92. The van der Waals surface area contributed by atoms with Crippen LogP contribution in [0.4, 0.5) is 0 Å². The highest BCUT2D eigenvalue weighted by atomic mass is 16.1. The van der Waals surface area contributed by atoms with E-state index in [1.54, 1.807) is 0 Å². The van der Waals surface area contributed by atoms with E-state index < -0.39 is 0 Å². The lowest BCUT2D eigenvalue weighted by Crippen LogP contribution is -2.44. The molecule has 1 aliphatic carbocycles. The van der Waals surface area contributed by atoms with E-state index in [0.717, 1.165) is 44.2 Å². The number of carbonyl (C=O) groups is 1. The number of nitrogens with zero attached hydrogens (tertiary/aromatic N) is 1. The van der Waals surface area contributed by atoms with Gasteiger partial charge in [-0.05, 0) is 50.6 Å². The normalized spacial score (nSPS) is 21.3. The summed E-state index contributed by atoms with van der Waals surface area (Å²) in [6.07, 6.45) is 6.66. The number of carbonyl (C=O) groups excluding carboxylic acids is 1. The van der Waals surface area contributed by atoms with Crippen molar-refractivity contribution in [3.8, 4) is 0 Å². The van der Waals surface area contributed by atoms with Crippen molar-refractivity contribution >= 4 is 5.78 Å². The molecule has 1 atom stereocenters. The molecule has 0 amide bonds. The highest BCUT2D eigenvalue weighted by Crippen LogP contribution is 2.21. The van der Waals surface area contributed by atoms with Crippen LogP contribution >= 0.6 is 0 Å². The average Bonchev–Trinajstić information content (AvgIpc) is 2.30. The predicted molar refractivity (Wildman–Crippen MR) is 77.7 cm³/mol. The Morgan fingerprint density at radius 3 is 2.06 bits per heavy atom. The minimum atomic E-state index is 0.233. The molecule has 0 spiro atoms. The second-order valence-electron chi connectivity index (χ2n) is 6.63. The molecule has 1 aliphatic rings. The predicted octanol–water partition coefficient (Wildman–Crippen LogP) is 3.89. The average molecular weight is 253 g/mol. The van der Waals surface area contributed by atoms with Gasteiger partial charge in [-0.3, -0.25) is 9.69 Å². The zero-order valence-corrected chi connectivity index (χ0v) is 12.7. The molecule has 0 N–H and O–H groups in total. The first-order valence-electron chi connectivity index (χ1n) is 7.77. The van der Waals surface area contributed by atoms with Gasteiger partial charge in [-0.15, -0.1) is 0 Å². The third kappa shape index (κ3) is 5.51. The minimum Gasteiger partial charge on any atom is -0.298 e. The molecule has 0 saturated heterocycles. The molecule has 106 valence electrons. The number of hydrogen-bond acceptors (Lipinski definition) is 2. The SMILES string of the molecule is CC(C)CCN(CCC(C)C)C1CCCCC1=O. The molecule has 0 bridgehead atoms. The van der Waals surface area contributed by atoms with Gasteiger partial charge in [-0.1, -0.05) is 34.1 Å². The Labute approximate surface area is 113 Å². The van der Waals surface area contributed by atoms with E-state index in [1.807, 2.05) is 0 Å². The largest absolute Gasteiger partial charge is 0.298 e. The minimum absolute atomic E-state index is 0.233. The van der Waals surface area contributed by atoms with Crippen LogP contribution in [0.15, 0.2) is 0 Å². The summed E-state index contributed by atoms with van der Waals surface area (Å²) in [6, 6.07) is 0.233. The molecule has 0 aromatic carbocycles. The lowest BCUT2D eigenvalue weighted by Gasteiger charge is -2.34. The molecule has 2 heteroatoms. The summed E-state index contributed by atoms with van der Waals surface area (Å²) in [7, 11) is 0. The summed E-state index contributed by atoms with van der Waals surface area (Å²) >= 11 is 0. The van der Waals surface area contributed by atoms with Crippen molar-refractivity contribution in [1.29, 1.82) is 0 Å². The Hall–Kier alpha value is -0.370. The Morgan fingerprint density at radius 2 is 1.61 bits per heavy atom. The van der Waals surface area contributed by atoms with Gasteiger partial charge < -0.3 is 0 Å². The van der Waals surface area contributed by atoms with Gasteiger partial charge in [0.2, 0.25) is 0 Å². The van der Waals surface area contributed by atoms with Gasteiger partial charge >= 0.3 is 0 Å². The standard InChI is InChI=1S/C16H31NO/c1-13(2)9-11-17(12-10-14(3)4)15-7-5-6-8-16(15)18/h13-15H,5-12H2,1-4H3. The van der Waals surface area contributed by atoms with Gasteiger partial charge in [-0.25, -0.2) is 0 Å². The third-order valence-corrected chi connectivity index (χ3v) is 3.95. The maximum absolute atomic E-state index is 12.1. The summed E-state index contributed by atoms with van der Waals surface area (Å²) in [5.41, 5.74) is 0. The monoisotopic (exact) mass is 253 g/mol. The van der Waals surface area contributed by atoms with Crippen molar-refractivity contribution in [2.24, 2.45) is 11.8 Å². The van der Waals surface area contributed by atoms with Crippen molar-refractivity contribution in [3.05, 3.63) is 0 Å². The van der Waals surface area contributed by atoms with E-state index in [-0.39, 0.29) is 6.04 Å². The highest BCUT2D eigenvalue weighted by Gasteiger charge is 2.27. The number of hydrogen-bond donors (Lipinski definition) is 0. The second-order valence-corrected chi connectivity index (χ2v) is 6.63. The second kappa shape index (κ2) is 7.93. The Bertz CT molecular complexity index is 235. The van der Waals surface area contributed by atoms with Crippen LogP contribution in [0.25, 0.3) is 0 Å². The highest BCUT2D eigenvalue weighted by molar-refractivity contribution is 5.84. The van der Waals surface area contributed by atoms with Gasteiger partial charge in [0, 0.05) is 6.42 Å². The fourth-order valence-corrected chi connectivity index (χ4v) is 2.62. The van der Waals surface area contributed by atoms with E-state index in [2.05, 4.69) is 32.6 Å². The first-order valence-corrected chi connectivity index (χ1v) is 7.77. The van der Waals surface area contributed by atoms with Crippen molar-refractivity contribution in [1.82, 2.24) is 4.90 Å². The summed E-state index contributed by atoms with van der Waals surface area (Å²) < 4.78 is 0. The molecule has 0 aromatic rings. The first kappa shape index (κ1) is 15.7. The van der Waals surface area contributed by atoms with Gasteiger partial charge in [0.15, 0.2) is 0 Å². The van der Waals surface area contributed by atoms with Gasteiger partial charge in [0.1, 0.15) is 5.78 Å². The summed E-state index contributed by atoms with van der Waals surface area (Å²) in [5.74, 6) is 1.95. The van der Waals surface area contributed by atoms with Gasteiger partial charge in [0.05, 0.1) is 6.04 Å². The Balaban J connectivity index is 2.53. The van der Waals surface area contributed by atoms with E-state index in [1.165, 1.54) is 19.3 Å². The van der Waals surface area contributed by atoms with E-state index >= 15 is 0 Å². The molecule has 0 aromatic heterocycles. The molecule has 0 heterocycles. The maximum Gasteiger partial charge on any atom is 0.149 e. The molecular formula is C16H31NO. The fraction of sp³-hybridized carbons (Fsp3) is 0.938. The van der Waals surface area contributed by atoms with E-state index in [4.69, 9.17) is 0 Å². The molecule has 0 aliphatic heterocycles. The fourth-order valence-electron chi connectivity index (χ4n) is 2.62. The van der Waals surface area contributed by atoms with Crippen LogP contribution in [-0.2, 0) is 4.79 Å².